The van der Waals surface area contributed by atoms with Gasteiger partial charge in [-0.25, -0.2) is 0 Å². The van der Waals surface area contributed by atoms with Gasteiger partial charge in [0.05, 0.1) is 19.9 Å². The van der Waals surface area contributed by atoms with Gasteiger partial charge in [0, 0.05) is 4.47 Å². The van der Waals surface area contributed by atoms with Crippen LogP contribution in [0, 0.1) is 6.92 Å². The van der Waals surface area contributed by atoms with Gasteiger partial charge in [0.15, 0.2) is 18.1 Å². The summed E-state index contributed by atoms with van der Waals surface area (Å²) < 4.78 is 16.8. The van der Waals surface area contributed by atoms with Gasteiger partial charge in [-0.15, -0.1) is 0 Å². The Labute approximate surface area is 143 Å². The van der Waals surface area contributed by atoms with Gasteiger partial charge in [0.2, 0.25) is 5.75 Å². The van der Waals surface area contributed by atoms with Crippen molar-refractivity contribution in [3.63, 3.8) is 0 Å². The minimum absolute atomic E-state index is 0.135. The molecule has 122 valence electrons. The Balaban J connectivity index is 2.02. The lowest BCUT2D eigenvalue weighted by molar-refractivity contribution is -0.118. The zero-order chi connectivity index (χ0) is 16.8. The van der Waals surface area contributed by atoms with Crippen molar-refractivity contribution < 1.29 is 19.0 Å². The van der Waals surface area contributed by atoms with E-state index in [0.717, 1.165) is 10.0 Å². The van der Waals surface area contributed by atoms with Crippen molar-refractivity contribution in [1.82, 2.24) is 0 Å². The predicted molar refractivity (Wildman–Crippen MR) is 92.5 cm³/mol. The number of hydrogen-bond acceptors (Lipinski definition) is 4. The molecule has 1 amide bonds. The summed E-state index contributed by atoms with van der Waals surface area (Å²) in [7, 11) is 3.07. The Morgan fingerprint density at radius 1 is 1.13 bits per heavy atom. The van der Waals surface area contributed by atoms with E-state index >= 15 is 0 Å². The Bertz CT molecular complexity index is 703. The van der Waals surface area contributed by atoms with Crippen molar-refractivity contribution in [3.05, 3.63) is 46.4 Å². The molecule has 0 aromatic heterocycles. The smallest absolute Gasteiger partial charge is 0.262 e. The maximum atomic E-state index is 12.0. The van der Waals surface area contributed by atoms with Gasteiger partial charge in [0.1, 0.15) is 0 Å². The molecule has 0 atom stereocenters. The lowest BCUT2D eigenvalue weighted by Gasteiger charge is -2.13. The maximum absolute atomic E-state index is 12.0. The minimum atomic E-state index is -0.264. The van der Waals surface area contributed by atoms with E-state index in [-0.39, 0.29) is 12.5 Å². The number of amides is 1. The fourth-order valence-corrected chi connectivity index (χ4v) is 2.61. The molecule has 2 rings (SSSR count). The Kier molecular flexibility index (Phi) is 5.87. The molecule has 0 heterocycles. The first-order valence-corrected chi connectivity index (χ1v) is 7.74. The minimum Gasteiger partial charge on any atom is -0.493 e. The third-order valence-corrected chi connectivity index (χ3v) is 3.78. The van der Waals surface area contributed by atoms with Crippen LogP contribution in [-0.4, -0.2) is 26.7 Å². The Hall–Kier alpha value is -2.21. The molecule has 0 spiro atoms. The summed E-state index contributed by atoms with van der Waals surface area (Å²) in [5.74, 6) is 1.19. The SMILES string of the molecule is COc1cccc(OCC(=O)Nc2ccc(C)cc2Br)c1OC. The summed E-state index contributed by atoms with van der Waals surface area (Å²) in [4.78, 5) is 12.0. The van der Waals surface area contributed by atoms with Crippen LogP contribution < -0.4 is 19.5 Å². The molecule has 0 fully saturated rings. The third kappa shape index (κ3) is 4.39. The molecule has 6 heteroatoms. The number of methoxy groups -OCH3 is 2. The van der Waals surface area contributed by atoms with Gasteiger partial charge in [-0.2, -0.15) is 0 Å². The molecule has 0 saturated carbocycles. The van der Waals surface area contributed by atoms with Crippen LogP contribution in [-0.2, 0) is 4.79 Å². The summed E-state index contributed by atoms with van der Waals surface area (Å²) in [6, 6.07) is 10.9. The van der Waals surface area contributed by atoms with E-state index in [1.807, 2.05) is 25.1 Å². The molecule has 2 aromatic carbocycles. The Morgan fingerprint density at radius 3 is 2.52 bits per heavy atom. The topological polar surface area (TPSA) is 56.8 Å². The maximum Gasteiger partial charge on any atom is 0.262 e. The third-order valence-electron chi connectivity index (χ3n) is 3.12. The van der Waals surface area contributed by atoms with Crippen LogP contribution in [0.5, 0.6) is 17.2 Å². The zero-order valence-electron chi connectivity index (χ0n) is 13.2. The van der Waals surface area contributed by atoms with Crippen molar-refractivity contribution in [2.75, 3.05) is 26.1 Å². The number of para-hydroxylation sites is 1. The van der Waals surface area contributed by atoms with E-state index in [0.29, 0.717) is 22.9 Å². The van der Waals surface area contributed by atoms with Crippen LogP contribution in [0.2, 0.25) is 0 Å². The highest BCUT2D eigenvalue weighted by Gasteiger charge is 2.13. The van der Waals surface area contributed by atoms with Crippen LogP contribution in [0.25, 0.3) is 0 Å². The summed E-state index contributed by atoms with van der Waals surface area (Å²) in [5.41, 5.74) is 1.80. The van der Waals surface area contributed by atoms with Gasteiger partial charge in [0.25, 0.3) is 5.91 Å². The summed E-state index contributed by atoms with van der Waals surface area (Å²) in [5, 5.41) is 2.79. The molecule has 0 bridgehead atoms. The van der Waals surface area contributed by atoms with Gasteiger partial charge in [-0.1, -0.05) is 12.1 Å². The molecule has 1 N–H and O–H groups in total. The van der Waals surface area contributed by atoms with Crippen LogP contribution in [0.1, 0.15) is 5.56 Å². The molecule has 23 heavy (non-hydrogen) atoms. The lowest BCUT2D eigenvalue weighted by Crippen LogP contribution is -2.20. The van der Waals surface area contributed by atoms with Crippen molar-refractivity contribution in [3.8, 4) is 17.2 Å². The number of benzene rings is 2. The van der Waals surface area contributed by atoms with E-state index in [2.05, 4.69) is 21.2 Å². The first-order valence-electron chi connectivity index (χ1n) is 6.95. The number of nitrogens with one attached hydrogen (secondary N) is 1. The van der Waals surface area contributed by atoms with Gasteiger partial charge in [-0.05, 0) is 52.7 Å². The number of carbonyl (C=O) groups excluding carboxylic acids is 1. The molecule has 0 aliphatic carbocycles. The van der Waals surface area contributed by atoms with Gasteiger partial charge in [-0.3, -0.25) is 4.79 Å². The molecular formula is C17H18BrNO4. The standard InChI is InChI=1S/C17H18BrNO4/c1-11-7-8-13(12(18)9-11)19-16(20)10-23-15-6-4-5-14(21-2)17(15)22-3/h4-9H,10H2,1-3H3,(H,19,20). The summed E-state index contributed by atoms with van der Waals surface area (Å²) >= 11 is 3.42. The average Bonchev–Trinajstić information content (AvgIpc) is 2.55. The molecule has 0 radical (unpaired) electrons. The second-order valence-corrected chi connectivity index (χ2v) is 5.67. The first kappa shape index (κ1) is 17.1. The number of hydrogen-bond donors (Lipinski definition) is 1. The second-order valence-electron chi connectivity index (χ2n) is 4.81. The van der Waals surface area contributed by atoms with Crippen molar-refractivity contribution in [2.45, 2.75) is 6.92 Å². The highest BCUT2D eigenvalue weighted by Crippen LogP contribution is 2.36. The fourth-order valence-electron chi connectivity index (χ4n) is 2.02. The number of aryl methyl sites for hydroxylation is 1. The summed E-state index contributed by atoms with van der Waals surface area (Å²) in [6.07, 6.45) is 0. The highest BCUT2D eigenvalue weighted by molar-refractivity contribution is 9.10. The van der Waals surface area contributed by atoms with Crippen LogP contribution >= 0.6 is 15.9 Å². The van der Waals surface area contributed by atoms with E-state index < -0.39 is 0 Å². The normalized spacial score (nSPS) is 10.1. The molecule has 0 saturated heterocycles. The van der Waals surface area contributed by atoms with Crippen LogP contribution in [0.15, 0.2) is 40.9 Å². The largest absolute Gasteiger partial charge is 0.493 e. The van der Waals surface area contributed by atoms with Crippen molar-refractivity contribution in [1.29, 1.82) is 0 Å². The highest BCUT2D eigenvalue weighted by atomic mass is 79.9. The van der Waals surface area contributed by atoms with E-state index in [4.69, 9.17) is 14.2 Å². The number of rotatable bonds is 6. The van der Waals surface area contributed by atoms with Gasteiger partial charge < -0.3 is 19.5 Å². The number of anilines is 1. The molecule has 0 aliphatic heterocycles. The molecule has 0 unspecified atom stereocenters. The first-order chi connectivity index (χ1) is 11.0. The Morgan fingerprint density at radius 2 is 1.87 bits per heavy atom. The van der Waals surface area contributed by atoms with E-state index in [1.165, 1.54) is 7.11 Å². The molecule has 0 aliphatic rings. The van der Waals surface area contributed by atoms with Crippen LogP contribution in [0.3, 0.4) is 0 Å². The fraction of sp³-hybridized carbons (Fsp3) is 0.235. The van der Waals surface area contributed by atoms with Crippen molar-refractivity contribution in [2.24, 2.45) is 0 Å². The monoisotopic (exact) mass is 379 g/mol. The number of carbonyl (C=O) groups is 1. The number of ether oxygens (including phenoxy) is 3. The quantitative estimate of drug-likeness (QED) is 0.829. The lowest BCUT2D eigenvalue weighted by atomic mass is 10.2. The molecule has 5 nitrogen and oxygen atoms in total. The van der Waals surface area contributed by atoms with Crippen molar-refractivity contribution >= 4 is 27.5 Å². The molecular weight excluding hydrogens is 362 g/mol. The average molecular weight is 380 g/mol. The van der Waals surface area contributed by atoms with Crippen LogP contribution in [0.4, 0.5) is 5.69 Å². The van der Waals surface area contributed by atoms with Gasteiger partial charge >= 0.3 is 0 Å². The predicted octanol–water partition coefficient (Wildman–Crippen LogP) is 3.79. The summed E-state index contributed by atoms with van der Waals surface area (Å²) in [6.45, 7) is 1.85. The second kappa shape index (κ2) is 7.87. The van der Waals surface area contributed by atoms with E-state index in [1.54, 1.807) is 25.3 Å². The number of halogens is 1. The zero-order valence-corrected chi connectivity index (χ0v) is 14.8. The molecule has 2 aromatic rings. The van der Waals surface area contributed by atoms with E-state index in [9.17, 15) is 4.79 Å².